The van der Waals surface area contributed by atoms with E-state index in [1.54, 1.807) is 7.11 Å². The number of amides is 1. The van der Waals surface area contributed by atoms with Gasteiger partial charge in [-0.25, -0.2) is 0 Å². The normalized spacial score (nSPS) is 23.6. The Bertz CT molecular complexity index is 517. The van der Waals surface area contributed by atoms with E-state index >= 15 is 0 Å². The summed E-state index contributed by atoms with van der Waals surface area (Å²) in [6.07, 6.45) is 3.99. The molecule has 2 aliphatic heterocycles. The fourth-order valence-corrected chi connectivity index (χ4v) is 3.69. The number of hydrogen-bond acceptors (Lipinski definition) is 3. The summed E-state index contributed by atoms with van der Waals surface area (Å²) in [6, 6.07) is 8.18. The van der Waals surface area contributed by atoms with Crippen LogP contribution in [0.1, 0.15) is 37.2 Å². The van der Waals surface area contributed by atoms with Gasteiger partial charge in [-0.05, 0) is 49.9 Å². The second-order valence-electron chi connectivity index (χ2n) is 6.46. The monoisotopic (exact) mass is 338 g/mol. The van der Waals surface area contributed by atoms with Crippen LogP contribution in [0, 0.1) is 5.92 Å². The van der Waals surface area contributed by atoms with E-state index < -0.39 is 0 Å². The van der Waals surface area contributed by atoms with E-state index in [0.717, 1.165) is 44.8 Å². The van der Waals surface area contributed by atoms with Gasteiger partial charge < -0.3 is 15.0 Å². The molecule has 128 valence electrons. The Hall–Kier alpha value is -1.26. The largest absolute Gasteiger partial charge is 0.496 e. The minimum Gasteiger partial charge on any atom is -0.496 e. The van der Waals surface area contributed by atoms with Gasteiger partial charge in [0.1, 0.15) is 5.75 Å². The molecule has 2 heterocycles. The smallest absolute Gasteiger partial charge is 0.222 e. The molecule has 1 aromatic carbocycles. The summed E-state index contributed by atoms with van der Waals surface area (Å²) in [5.41, 5.74) is 1.24. The average molecular weight is 339 g/mol. The molecule has 5 heteroatoms. The molecule has 0 radical (unpaired) electrons. The van der Waals surface area contributed by atoms with E-state index in [0.29, 0.717) is 24.2 Å². The van der Waals surface area contributed by atoms with Crippen LogP contribution in [0.4, 0.5) is 0 Å². The topological polar surface area (TPSA) is 41.6 Å². The number of benzene rings is 1. The third-order valence-electron chi connectivity index (χ3n) is 5.05. The summed E-state index contributed by atoms with van der Waals surface area (Å²) >= 11 is 0. The van der Waals surface area contributed by atoms with Crippen LogP contribution in [0.3, 0.4) is 0 Å². The molecule has 0 spiro atoms. The van der Waals surface area contributed by atoms with Crippen LogP contribution in [0.25, 0.3) is 0 Å². The Balaban J connectivity index is 0.00000192. The number of likely N-dealkylation sites (tertiary alicyclic amines) is 1. The predicted octanol–water partition coefficient (Wildman–Crippen LogP) is 2.82. The Morgan fingerprint density at radius 3 is 2.91 bits per heavy atom. The van der Waals surface area contributed by atoms with Crippen molar-refractivity contribution < 1.29 is 9.53 Å². The highest BCUT2D eigenvalue weighted by atomic mass is 35.5. The highest BCUT2D eigenvalue weighted by molar-refractivity contribution is 5.85. The lowest BCUT2D eigenvalue weighted by atomic mass is 9.97. The summed E-state index contributed by atoms with van der Waals surface area (Å²) in [5.74, 6) is 2.37. The molecular weight excluding hydrogens is 312 g/mol. The average Bonchev–Trinajstić information content (AvgIpc) is 3.24. The van der Waals surface area contributed by atoms with Crippen molar-refractivity contribution in [3.8, 4) is 5.75 Å². The summed E-state index contributed by atoms with van der Waals surface area (Å²) < 4.78 is 5.46. The van der Waals surface area contributed by atoms with E-state index in [1.807, 2.05) is 17.0 Å². The Labute approximate surface area is 145 Å². The molecule has 0 bridgehead atoms. The Morgan fingerprint density at radius 2 is 2.17 bits per heavy atom. The zero-order valence-corrected chi connectivity index (χ0v) is 14.6. The van der Waals surface area contributed by atoms with Gasteiger partial charge in [0.05, 0.1) is 7.11 Å². The van der Waals surface area contributed by atoms with Crippen LogP contribution in [0.2, 0.25) is 0 Å². The number of carbonyl (C=O) groups is 1. The molecule has 4 nitrogen and oxygen atoms in total. The maximum atomic E-state index is 12.4. The summed E-state index contributed by atoms with van der Waals surface area (Å²) in [7, 11) is 1.71. The van der Waals surface area contributed by atoms with Crippen LogP contribution >= 0.6 is 12.4 Å². The van der Waals surface area contributed by atoms with Crippen molar-refractivity contribution in [2.75, 3.05) is 33.3 Å². The number of hydrogen-bond donors (Lipinski definition) is 1. The minimum atomic E-state index is 0. The molecule has 2 fully saturated rings. The van der Waals surface area contributed by atoms with Crippen LogP contribution in [-0.4, -0.2) is 44.1 Å². The molecule has 2 aliphatic rings. The van der Waals surface area contributed by atoms with Crippen molar-refractivity contribution in [1.82, 2.24) is 10.2 Å². The second kappa shape index (κ2) is 8.55. The maximum Gasteiger partial charge on any atom is 0.222 e. The van der Waals surface area contributed by atoms with Gasteiger partial charge in [0.2, 0.25) is 5.91 Å². The van der Waals surface area contributed by atoms with Gasteiger partial charge in [-0.15, -0.1) is 12.4 Å². The highest BCUT2D eigenvalue weighted by Gasteiger charge is 2.29. The van der Waals surface area contributed by atoms with E-state index in [2.05, 4.69) is 17.4 Å². The minimum absolute atomic E-state index is 0. The molecule has 3 rings (SSSR count). The van der Waals surface area contributed by atoms with E-state index in [4.69, 9.17) is 4.74 Å². The third-order valence-corrected chi connectivity index (χ3v) is 5.05. The molecule has 0 aliphatic carbocycles. The molecule has 0 saturated carbocycles. The van der Waals surface area contributed by atoms with Gasteiger partial charge in [0.15, 0.2) is 0 Å². The molecular formula is C18H27ClN2O2. The molecule has 0 aromatic heterocycles. The van der Waals surface area contributed by atoms with E-state index in [9.17, 15) is 4.79 Å². The number of nitrogens with one attached hydrogen (secondary N) is 1. The van der Waals surface area contributed by atoms with E-state index in [-0.39, 0.29) is 12.4 Å². The SMILES string of the molecule is COc1ccccc1C1CCN(C(=O)CCC2CCNC2)C1.Cl. The second-order valence-corrected chi connectivity index (χ2v) is 6.46. The van der Waals surface area contributed by atoms with Crippen molar-refractivity contribution >= 4 is 18.3 Å². The van der Waals surface area contributed by atoms with Crippen LogP contribution in [-0.2, 0) is 4.79 Å². The van der Waals surface area contributed by atoms with Gasteiger partial charge in [0, 0.05) is 25.4 Å². The predicted molar refractivity (Wildman–Crippen MR) is 94.4 cm³/mol. The number of para-hydroxylation sites is 1. The standard InChI is InChI=1S/C18H26N2O2.ClH/c1-22-17-5-3-2-4-16(17)15-9-11-20(13-15)18(21)7-6-14-8-10-19-12-14;/h2-5,14-15,19H,6-13H2,1H3;1H. The number of methoxy groups -OCH3 is 1. The molecule has 1 N–H and O–H groups in total. The third kappa shape index (κ3) is 4.39. The van der Waals surface area contributed by atoms with Crippen molar-refractivity contribution in [2.24, 2.45) is 5.92 Å². The summed E-state index contributed by atoms with van der Waals surface area (Å²) in [4.78, 5) is 14.4. The van der Waals surface area contributed by atoms with E-state index in [1.165, 1.54) is 12.0 Å². The number of rotatable bonds is 5. The quantitative estimate of drug-likeness (QED) is 0.897. The molecule has 1 amide bonds. The summed E-state index contributed by atoms with van der Waals surface area (Å²) in [6.45, 7) is 3.90. The number of nitrogens with zero attached hydrogens (tertiary/aromatic N) is 1. The lowest BCUT2D eigenvalue weighted by Gasteiger charge is -2.18. The first-order valence-corrected chi connectivity index (χ1v) is 8.39. The molecule has 23 heavy (non-hydrogen) atoms. The van der Waals surface area contributed by atoms with Crippen LogP contribution in [0.15, 0.2) is 24.3 Å². The fraction of sp³-hybridized carbons (Fsp3) is 0.611. The number of ether oxygens (including phenoxy) is 1. The van der Waals surface area contributed by atoms with Crippen LogP contribution in [0.5, 0.6) is 5.75 Å². The van der Waals surface area contributed by atoms with Crippen molar-refractivity contribution in [3.05, 3.63) is 29.8 Å². The number of carbonyl (C=O) groups excluding carboxylic acids is 1. The number of halogens is 1. The Kier molecular flexibility index (Phi) is 6.72. The lowest BCUT2D eigenvalue weighted by Crippen LogP contribution is -2.28. The van der Waals surface area contributed by atoms with Crippen molar-refractivity contribution in [1.29, 1.82) is 0 Å². The first kappa shape index (κ1) is 18.1. The first-order chi connectivity index (χ1) is 10.8. The maximum absolute atomic E-state index is 12.4. The van der Waals surface area contributed by atoms with Gasteiger partial charge >= 0.3 is 0 Å². The zero-order valence-electron chi connectivity index (χ0n) is 13.8. The van der Waals surface area contributed by atoms with Gasteiger partial charge in [-0.2, -0.15) is 0 Å². The van der Waals surface area contributed by atoms with Crippen molar-refractivity contribution in [2.45, 2.75) is 31.6 Å². The van der Waals surface area contributed by atoms with Gasteiger partial charge in [-0.1, -0.05) is 18.2 Å². The molecule has 1 aromatic rings. The highest BCUT2D eigenvalue weighted by Crippen LogP contribution is 2.33. The zero-order chi connectivity index (χ0) is 15.4. The summed E-state index contributed by atoms with van der Waals surface area (Å²) in [5, 5.41) is 3.37. The van der Waals surface area contributed by atoms with Gasteiger partial charge in [0.25, 0.3) is 0 Å². The van der Waals surface area contributed by atoms with Gasteiger partial charge in [-0.3, -0.25) is 4.79 Å². The fourth-order valence-electron chi connectivity index (χ4n) is 3.69. The molecule has 2 atom stereocenters. The van der Waals surface area contributed by atoms with Crippen LogP contribution < -0.4 is 10.1 Å². The van der Waals surface area contributed by atoms with Crippen molar-refractivity contribution in [3.63, 3.8) is 0 Å². The Morgan fingerprint density at radius 1 is 1.35 bits per heavy atom. The molecule has 2 unspecified atom stereocenters. The first-order valence-electron chi connectivity index (χ1n) is 8.39. The molecule has 2 saturated heterocycles. The lowest BCUT2D eigenvalue weighted by molar-refractivity contribution is -0.130.